The van der Waals surface area contributed by atoms with E-state index in [9.17, 15) is 0 Å². The van der Waals surface area contributed by atoms with E-state index in [4.69, 9.17) is 4.74 Å². The first-order chi connectivity index (χ1) is 7.81. The number of hydrogen-bond donors (Lipinski definition) is 1. The predicted octanol–water partition coefficient (Wildman–Crippen LogP) is 1.53. The molecule has 2 rings (SSSR count). The maximum absolute atomic E-state index is 5.01. The van der Waals surface area contributed by atoms with Crippen LogP contribution >= 0.6 is 23.1 Å². The van der Waals surface area contributed by atoms with Gasteiger partial charge < -0.3 is 10.1 Å². The Hall–Kier alpha value is -1.41. The van der Waals surface area contributed by atoms with Gasteiger partial charge in [-0.3, -0.25) is 0 Å². The Labute approximate surface area is 100 Å². The minimum atomic E-state index is 0.538. The fourth-order valence-electron chi connectivity index (χ4n) is 0.918. The number of rotatable bonds is 4. The summed E-state index contributed by atoms with van der Waals surface area (Å²) in [5, 5.41) is 12.2. The molecule has 0 aliphatic heterocycles. The van der Waals surface area contributed by atoms with Crippen LogP contribution in [0.5, 0.6) is 5.88 Å². The molecule has 2 heterocycles. The smallest absolute Gasteiger partial charge is 0.217 e. The summed E-state index contributed by atoms with van der Waals surface area (Å²) in [5.74, 6) is 0.538. The average molecular weight is 255 g/mol. The third-order valence-corrected chi connectivity index (χ3v) is 3.49. The van der Waals surface area contributed by atoms with Gasteiger partial charge in [0.2, 0.25) is 11.0 Å². The lowest BCUT2D eigenvalue weighted by Gasteiger charge is -1.98. The number of anilines is 1. The highest BCUT2D eigenvalue weighted by Gasteiger charge is 2.07. The fraction of sp³-hybridized carbons (Fsp3) is 0.250. The molecule has 0 radical (unpaired) electrons. The number of methoxy groups -OCH3 is 1. The van der Waals surface area contributed by atoms with Crippen LogP contribution < -0.4 is 10.1 Å². The van der Waals surface area contributed by atoms with Gasteiger partial charge in [0, 0.05) is 19.3 Å². The summed E-state index contributed by atoms with van der Waals surface area (Å²) in [6.07, 6.45) is 1.65. The Morgan fingerprint density at radius 2 is 2.31 bits per heavy atom. The van der Waals surface area contributed by atoms with Gasteiger partial charge in [0.1, 0.15) is 0 Å². The van der Waals surface area contributed by atoms with Crippen molar-refractivity contribution in [2.45, 2.75) is 9.50 Å². The van der Waals surface area contributed by atoms with E-state index < -0.39 is 0 Å². The third kappa shape index (κ3) is 2.58. The number of hydrogen-bond acceptors (Lipinski definition) is 8. The lowest BCUT2D eigenvalue weighted by atomic mass is 10.6. The molecule has 6 nitrogen and oxygen atoms in total. The van der Waals surface area contributed by atoms with Gasteiger partial charge >= 0.3 is 0 Å². The summed E-state index contributed by atoms with van der Waals surface area (Å²) in [5.41, 5.74) is 0. The summed E-state index contributed by atoms with van der Waals surface area (Å²) in [6.45, 7) is 0. The molecular formula is C8H9N5OS2. The first-order valence-electron chi connectivity index (χ1n) is 4.38. The molecule has 2 aromatic heterocycles. The number of aromatic nitrogens is 4. The highest BCUT2D eigenvalue weighted by Crippen LogP contribution is 2.29. The van der Waals surface area contributed by atoms with Crippen LogP contribution in [0.25, 0.3) is 0 Å². The molecule has 0 saturated heterocycles. The quantitative estimate of drug-likeness (QED) is 0.830. The summed E-state index contributed by atoms with van der Waals surface area (Å²) < 4.78 is 5.80. The van der Waals surface area contributed by atoms with E-state index in [1.54, 1.807) is 26.4 Å². The van der Waals surface area contributed by atoms with E-state index >= 15 is 0 Å². The first-order valence-corrected chi connectivity index (χ1v) is 6.01. The molecule has 0 aliphatic rings. The zero-order valence-electron chi connectivity index (χ0n) is 8.67. The van der Waals surface area contributed by atoms with Gasteiger partial charge in [-0.1, -0.05) is 11.3 Å². The largest absolute Gasteiger partial charge is 0.481 e. The third-order valence-electron chi connectivity index (χ3n) is 1.62. The second-order valence-corrected chi connectivity index (χ2v) is 4.80. The van der Waals surface area contributed by atoms with Crippen molar-refractivity contribution in [3.63, 3.8) is 0 Å². The van der Waals surface area contributed by atoms with Crippen molar-refractivity contribution in [1.82, 2.24) is 20.2 Å². The molecule has 16 heavy (non-hydrogen) atoms. The van der Waals surface area contributed by atoms with E-state index in [1.807, 2.05) is 0 Å². The van der Waals surface area contributed by atoms with Crippen LogP contribution in [-0.4, -0.2) is 34.3 Å². The van der Waals surface area contributed by atoms with E-state index in [-0.39, 0.29) is 0 Å². The van der Waals surface area contributed by atoms with Gasteiger partial charge in [-0.2, -0.15) is 4.98 Å². The molecule has 0 bridgehead atoms. The van der Waals surface area contributed by atoms with Crippen molar-refractivity contribution < 1.29 is 4.74 Å². The Bertz CT molecular complexity index is 475. The molecule has 0 amide bonds. The number of ether oxygens (including phenoxy) is 1. The molecule has 2 aromatic rings. The predicted molar refractivity (Wildman–Crippen MR) is 62.2 cm³/mol. The molecule has 0 atom stereocenters. The Morgan fingerprint density at radius 1 is 1.44 bits per heavy atom. The minimum absolute atomic E-state index is 0.538. The Kier molecular flexibility index (Phi) is 3.52. The van der Waals surface area contributed by atoms with Crippen LogP contribution in [0.15, 0.2) is 21.8 Å². The van der Waals surface area contributed by atoms with Crippen LogP contribution in [0.3, 0.4) is 0 Å². The fourth-order valence-corrected chi connectivity index (χ4v) is 2.46. The Balaban J connectivity index is 2.13. The second kappa shape index (κ2) is 5.08. The maximum Gasteiger partial charge on any atom is 0.217 e. The second-order valence-electron chi connectivity index (χ2n) is 2.61. The summed E-state index contributed by atoms with van der Waals surface area (Å²) in [7, 11) is 3.37. The van der Waals surface area contributed by atoms with Crippen molar-refractivity contribution in [2.75, 3.05) is 19.5 Å². The van der Waals surface area contributed by atoms with Gasteiger partial charge in [0.15, 0.2) is 9.50 Å². The van der Waals surface area contributed by atoms with Crippen LogP contribution in [0, 0.1) is 0 Å². The molecular weight excluding hydrogens is 246 g/mol. The van der Waals surface area contributed by atoms with Gasteiger partial charge in [0.25, 0.3) is 0 Å². The molecule has 0 aliphatic carbocycles. The van der Waals surface area contributed by atoms with E-state index in [0.717, 1.165) is 9.47 Å². The molecule has 0 spiro atoms. The zero-order chi connectivity index (χ0) is 11.4. The minimum Gasteiger partial charge on any atom is -0.481 e. The zero-order valence-corrected chi connectivity index (χ0v) is 10.3. The van der Waals surface area contributed by atoms with Crippen molar-refractivity contribution in [1.29, 1.82) is 0 Å². The molecule has 0 fully saturated rings. The van der Waals surface area contributed by atoms with Crippen LogP contribution in [0.4, 0.5) is 5.13 Å². The summed E-state index contributed by atoms with van der Waals surface area (Å²) in [6, 6.07) is 1.70. The standard InChI is InChI=1S/C8H9N5OS2/c1-9-6-12-13-8(15-6)16-7-10-4-3-5(11-7)14-2/h3-4H,1-2H3,(H,9,12). The van der Waals surface area contributed by atoms with Gasteiger partial charge in [-0.15, -0.1) is 10.2 Å². The number of nitrogens with one attached hydrogen (secondary N) is 1. The summed E-state index contributed by atoms with van der Waals surface area (Å²) >= 11 is 2.81. The topological polar surface area (TPSA) is 72.8 Å². The van der Waals surface area contributed by atoms with Crippen molar-refractivity contribution in [3.8, 4) is 5.88 Å². The first kappa shape index (κ1) is 11.1. The van der Waals surface area contributed by atoms with E-state index in [0.29, 0.717) is 11.0 Å². The normalized spacial score (nSPS) is 10.1. The summed E-state index contributed by atoms with van der Waals surface area (Å²) in [4.78, 5) is 8.28. The average Bonchev–Trinajstić information content (AvgIpc) is 2.77. The molecule has 8 heteroatoms. The number of nitrogens with zero attached hydrogens (tertiary/aromatic N) is 4. The molecule has 0 saturated carbocycles. The van der Waals surface area contributed by atoms with Crippen molar-refractivity contribution in [2.24, 2.45) is 0 Å². The van der Waals surface area contributed by atoms with E-state index in [1.165, 1.54) is 23.1 Å². The molecule has 0 unspecified atom stereocenters. The molecule has 0 aromatic carbocycles. The van der Waals surface area contributed by atoms with Crippen LogP contribution in [0.1, 0.15) is 0 Å². The van der Waals surface area contributed by atoms with Crippen molar-refractivity contribution >= 4 is 28.2 Å². The SMILES string of the molecule is CNc1nnc(Sc2nccc(OC)n2)s1. The van der Waals surface area contributed by atoms with Crippen LogP contribution in [-0.2, 0) is 0 Å². The monoisotopic (exact) mass is 255 g/mol. The lowest BCUT2D eigenvalue weighted by Crippen LogP contribution is -1.90. The van der Waals surface area contributed by atoms with Gasteiger partial charge in [-0.25, -0.2) is 4.98 Å². The van der Waals surface area contributed by atoms with Crippen molar-refractivity contribution in [3.05, 3.63) is 12.3 Å². The van der Waals surface area contributed by atoms with E-state index in [2.05, 4.69) is 25.5 Å². The lowest BCUT2D eigenvalue weighted by molar-refractivity contribution is 0.392. The Morgan fingerprint density at radius 3 is 3.00 bits per heavy atom. The van der Waals surface area contributed by atoms with Gasteiger partial charge in [0.05, 0.1) is 7.11 Å². The maximum atomic E-state index is 5.01. The highest BCUT2D eigenvalue weighted by molar-refractivity contribution is 8.00. The van der Waals surface area contributed by atoms with Gasteiger partial charge in [-0.05, 0) is 11.8 Å². The molecule has 84 valence electrons. The highest BCUT2D eigenvalue weighted by atomic mass is 32.2. The molecule has 1 N–H and O–H groups in total. The van der Waals surface area contributed by atoms with Crippen LogP contribution in [0.2, 0.25) is 0 Å².